The van der Waals surface area contributed by atoms with Gasteiger partial charge in [-0.3, -0.25) is 0 Å². The summed E-state index contributed by atoms with van der Waals surface area (Å²) < 4.78 is 23.3. The third-order valence-corrected chi connectivity index (χ3v) is 2.82. The van der Waals surface area contributed by atoms with Crippen LogP contribution in [-0.4, -0.2) is 26.4 Å². The molecule has 1 atom stereocenters. The lowest BCUT2D eigenvalue weighted by Crippen LogP contribution is -2.20. The van der Waals surface area contributed by atoms with Crippen LogP contribution in [0.5, 0.6) is 11.5 Å². The number of rotatable bonds is 4. The third kappa shape index (κ3) is 3.09. The number of nitrogens with one attached hydrogen (secondary N) is 1. The van der Waals surface area contributed by atoms with Crippen molar-refractivity contribution in [3.8, 4) is 11.5 Å². The van der Waals surface area contributed by atoms with Crippen molar-refractivity contribution in [3.05, 3.63) is 23.8 Å². The van der Waals surface area contributed by atoms with Crippen LogP contribution in [0.25, 0.3) is 0 Å². The molecule has 1 aromatic carbocycles. The van der Waals surface area contributed by atoms with E-state index in [2.05, 4.69) is 5.32 Å². The van der Waals surface area contributed by atoms with E-state index in [1.807, 2.05) is 25.1 Å². The van der Waals surface area contributed by atoms with Crippen LogP contribution in [-0.2, 0) is 0 Å². The van der Waals surface area contributed by atoms with E-state index in [4.69, 9.17) is 9.47 Å². The lowest BCUT2D eigenvalue weighted by Gasteiger charge is -2.15. The molecule has 0 saturated carbocycles. The minimum atomic E-state index is -0.352. The largest absolute Gasteiger partial charge is 0.490 e. The average molecular weight is 239 g/mol. The summed E-state index contributed by atoms with van der Waals surface area (Å²) in [5, 5.41) is 3.10. The van der Waals surface area contributed by atoms with Gasteiger partial charge in [0, 0.05) is 19.0 Å². The number of hydrogen-bond acceptors (Lipinski definition) is 3. The van der Waals surface area contributed by atoms with E-state index in [0.717, 1.165) is 23.5 Å². The van der Waals surface area contributed by atoms with Crippen molar-refractivity contribution in [1.29, 1.82) is 0 Å². The minimum absolute atomic E-state index is 0.114. The highest BCUT2D eigenvalue weighted by Gasteiger charge is 2.13. The maximum atomic E-state index is 12.1. The van der Waals surface area contributed by atoms with Gasteiger partial charge >= 0.3 is 0 Å². The Morgan fingerprint density at radius 1 is 1.29 bits per heavy atom. The molecule has 1 unspecified atom stereocenters. The Hall–Kier alpha value is -1.29. The molecule has 0 amide bonds. The number of ether oxygens (including phenoxy) is 2. The van der Waals surface area contributed by atoms with Crippen LogP contribution < -0.4 is 14.8 Å². The Morgan fingerprint density at radius 3 is 2.82 bits per heavy atom. The minimum Gasteiger partial charge on any atom is -0.490 e. The van der Waals surface area contributed by atoms with Crippen LogP contribution in [0.2, 0.25) is 0 Å². The van der Waals surface area contributed by atoms with E-state index < -0.39 is 0 Å². The molecule has 94 valence electrons. The van der Waals surface area contributed by atoms with Crippen LogP contribution in [0.15, 0.2) is 18.2 Å². The van der Waals surface area contributed by atoms with Gasteiger partial charge in [-0.1, -0.05) is 6.07 Å². The molecule has 2 rings (SSSR count). The predicted molar refractivity (Wildman–Crippen MR) is 64.4 cm³/mol. The summed E-state index contributed by atoms with van der Waals surface area (Å²) in [5.41, 5.74) is 1.09. The first-order valence-corrected chi connectivity index (χ1v) is 6.00. The fraction of sp³-hybridized carbons (Fsp3) is 0.538. The van der Waals surface area contributed by atoms with Gasteiger partial charge in [-0.05, 0) is 24.6 Å². The number of benzene rings is 1. The average Bonchev–Trinajstić information content (AvgIpc) is 2.60. The van der Waals surface area contributed by atoms with Gasteiger partial charge in [0.2, 0.25) is 0 Å². The monoisotopic (exact) mass is 239 g/mol. The quantitative estimate of drug-likeness (QED) is 0.875. The molecule has 1 aliphatic rings. The molecule has 0 bridgehead atoms. The molecule has 4 heteroatoms. The van der Waals surface area contributed by atoms with E-state index in [-0.39, 0.29) is 12.7 Å². The maximum absolute atomic E-state index is 12.1. The van der Waals surface area contributed by atoms with Crippen LogP contribution in [0, 0.1) is 0 Å². The standard InChI is InChI=1S/C13H18FNO2/c1-10(15-6-5-14)11-3-4-12-13(9-11)17-8-2-7-16-12/h3-4,9-10,15H,2,5-8H2,1H3. The summed E-state index contributed by atoms with van der Waals surface area (Å²) in [6.07, 6.45) is 0.902. The number of alkyl halides is 1. The molecular formula is C13H18FNO2. The van der Waals surface area contributed by atoms with E-state index in [1.54, 1.807) is 0 Å². The third-order valence-electron chi connectivity index (χ3n) is 2.82. The Morgan fingerprint density at radius 2 is 2.06 bits per heavy atom. The summed E-state index contributed by atoms with van der Waals surface area (Å²) >= 11 is 0. The lowest BCUT2D eigenvalue weighted by atomic mass is 10.1. The molecule has 17 heavy (non-hydrogen) atoms. The Balaban J connectivity index is 2.11. The molecule has 1 aliphatic heterocycles. The van der Waals surface area contributed by atoms with Gasteiger partial charge in [-0.25, -0.2) is 4.39 Å². The highest BCUT2D eigenvalue weighted by atomic mass is 19.1. The van der Waals surface area contributed by atoms with Crippen molar-refractivity contribution in [2.75, 3.05) is 26.4 Å². The van der Waals surface area contributed by atoms with Gasteiger partial charge in [-0.2, -0.15) is 0 Å². The molecule has 0 fully saturated rings. The molecule has 1 heterocycles. The predicted octanol–water partition coefficient (Wildman–Crippen LogP) is 2.47. The number of fused-ring (bicyclic) bond motifs is 1. The molecule has 0 aliphatic carbocycles. The van der Waals surface area contributed by atoms with Gasteiger partial charge < -0.3 is 14.8 Å². The van der Waals surface area contributed by atoms with Crippen molar-refractivity contribution >= 4 is 0 Å². The first kappa shape index (κ1) is 12.2. The number of hydrogen-bond donors (Lipinski definition) is 1. The second kappa shape index (κ2) is 5.87. The van der Waals surface area contributed by atoms with Crippen molar-refractivity contribution in [1.82, 2.24) is 5.32 Å². The van der Waals surface area contributed by atoms with E-state index in [0.29, 0.717) is 19.8 Å². The zero-order valence-electron chi connectivity index (χ0n) is 10.0. The van der Waals surface area contributed by atoms with Gasteiger partial charge in [0.15, 0.2) is 11.5 Å². The van der Waals surface area contributed by atoms with Gasteiger partial charge in [0.05, 0.1) is 13.2 Å². The summed E-state index contributed by atoms with van der Waals surface area (Å²) in [5.74, 6) is 1.58. The summed E-state index contributed by atoms with van der Waals surface area (Å²) in [7, 11) is 0. The second-order valence-corrected chi connectivity index (χ2v) is 4.12. The smallest absolute Gasteiger partial charge is 0.161 e. The zero-order chi connectivity index (χ0) is 12.1. The first-order chi connectivity index (χ1) is 8.31. The van der Waals surface area contributed by atoms with Crippen LogP contribution in [0.1, 0.15) is 24.9 Å². The van der Waals surface area contributed by atoms with E-state index in [1.165, 1.54) is 0 Å². The van der Waals surface area contributed by atoms with Crippen LogP contribution >= 0.6 is 0 Å². The molecular weight excluding hydrogens is 221 g/mol. The van der Waals surface area contributed by atoms with Crippen molar-refractivity contribution in [3.63, 3.8) is 0 Å². The van der Waals surface area contributed by atoms with Crippen molar-refractivity contribution in [2.45, 2.75) is 19.4 Å². The molecule has 0 saturated heterocycles. The summed E-state index contributed by atoms with van der Waals surface area (Å²) in [4.78, 5) is 0. The Kier molecular flexibility index (Phi) is 4.20. The molecule has 1 aromatic rings. The molecule has 1 N–H and O–H groups in total. The normalized spacial score (nSPS) is 16.4. The fourth-order valence-corrected chi connectivity index (χ4v) is 1.84. The fourth-order valence-electron chi connectivity index (χ4n) is 1.84. The second-order valence-electron chi connectivity index (χ2n) is 4.12. The van der Waals surface area contributed by atoms with Gasteiger partial charge in [0.1, 0.15) is 6.67 Å². The van der Waals surface area contributed by atoms with Gasteiger partial charge in [0.25, 0.3) is 0 Å². The zero-order valence-corrected chi connectivity index (χ0v) is 10.0. The summed E-state index contributed by atoms with van der Waals surface area (Å²) in [6.45, 7) is 3.41. The Bertz CT molecular complexity index is 370. The van der Waals surface area contributed by atoms with E-state index >= 15 is 0 Å². The Labute approximate surface area is 101 Å². The van der Waals surface area contributed by atoms with Gasteiger partial charge in [-0.15, -0.1) is 0 Å². The molecule has 0 radical (unpaired) electrons. The summed E-state index contributed by atoms with van der Waals surface area (Å²) in [6, 6.07) is 5.99. The molecule has 3 nitrogen and oxygen atoms in total. The maximum Gasteiger partial charge on any atom is 0.161 e. The topological polar surface area (TPSA) is 30.5 Å². The highest BCUT2D eigenvalue weighted by molar-refractivity contribution is 5.44. The van der Waals surface area contributed by atoms with Crippen LogP contribution in [0.4, 0.5) is 4.39 Å². The van der Waals surface area contributed by atoms with Crippen molar-refractivity contribution < 1.29 is 13.9 Å². The highest BCUT2D eigenvalue weighted by Crippen LogP contribution is 2.32. The lowest BCUT2D eigenvalue weighted by molar-refractivity contribution is 0.297. The van der Waals surface area contributed by atoms with Crippen molar-refractivity contribution in [2.24, 2.45) is 0 Å². The molecule has 0 spiro atoms. The van der Waals surface area contributed by atoms with E-state index in [9.17, 15) is 4.39 Å². The molecule has 0 aromatic heterocycles. The SMILES string of the molecule is CC(NCCF)c1ccc2c(c1)OCCCO2. The van der Waals surface area contributed by atoms with Crippen LogP contribution in [0.3, 0.4) is 0 Å². The first-order valence-electron chi connectivity index (χ1n) is 6.00. The number of halogens is 1.